The van der Waals surface area contributed by atoms with Gasteiger partial charge in [0.25, 0.3) is 0 Å². The van der Waals surface area contributed by atoms with Gasteiger partial charge >= 0.3 is 5.97 Å². The minimum atomic E-state index is -0.918. The van der Waals surface area contributed by atoms with E-state index in [9.17, 15) is 19.5 Å². The van der Waals surface area contributed by atoms with Gasteiger partial charge in [-0.25, -0.2) is 0 Å². The predicted octanol–water partition coefficient (Wildman–Crippen LogP) is 3.30. The van der Waals surface area contributed by atoms with Gasteiger partial charge in [-0.2, -0.15) is 0 Å². The molecule has 3 aliphatic rings. The molecule has 1 saturated carbocycles. The molecule has 38 heavy (non-hydrogen) atoms. The summed E-state index contributed by atoms with van der Waals surface area (Å²) in [6.45, 7) is 3.47. The first-order chi connectivity index (χ1) is 18.3. The number of carbonyl (C=O) groups is 3. The molecule has 2 amide bonds. The Morgan fingerprint density at radius 2 is 1.89 bits per heavy atom. The molecule has 0 spiro atoms. The molecule has 2 fully saturated rings. The maximum Gasteiger partial charge on any atom is 0.307 e. The number of aromatic nitrogens is 3. The first kappa shape index (κ1) is 26.5. The summed E-state index contributed by atoms with van der Waals surface area (Å²) >= 11 is 6.67. The Morgan fingerprint density at radius 3 is 2.55 bits per heavy atom. The molecule has 204 valence electrons. The summed E-state index contributed by atoms with van der Waals surface area (Å²) in [5.74, 6) is -1.70. The summed E-state index contributed by atoms with van der Waals surface area (Å²) < 4.78 is 7.97. The van der Waals surface area contributed by atoms with E-state index in [-0.39, 0.29) is 18.4 Å². The second kappa shape index (κ2) is 10.9. The molecule has 0 unspecified atom stereocenters. The molecule has 1 saturated heterocycles. The number of rotatable bonds is 7. The summed E-state index contributed by atoms with van der Waals surface area (Å²) in [6.07, 6.45) is 4.49. The van der Waals surface area contributed by atoms with Crippen LogP contribution in [0.25, 0.3) is 0 Å². The number of ether oxygens (including phenoxy) is 1. The molecule has 2 aromatic rings. The second-order valence-electron chi connectivity index (χ2n) is 10.5. The number of fused-ring (bicyclic) bond motifs is 1. The average Bonchev–Trinajstić information content (AvgIpc) is 3.47. The third-order valence-electron chi connectivity index (χ3n) is 8.39. The van der Waals surface area contributed by atoms with E-state index < -0.39 is 23.8 Å². The van der Waals surface area contributed by atoms with Crippen LogP contribution in [0.15, 0.2) is 12.1 Å². The smallest absolute Gasteiger partial charge is 0.307 e. The molecule has 2 aliphatic heterocycles. The summed E-state index contributed by atoms with van der Waals surface area (Å²) in [5.41, 5.74) is 3.29. The monoisotopic (exact) mass is 543 g/mol. The van der Waals surface area contributed by atoms with Crippen molar-refractivity contribution in [3.63, 3.8) is 0 Å². The van der Waals surface area contributed by atoms with Gasteiger partial charge in [-0.1, -0.05) is 29.7 Å². The van der Waals surface area contributed by atoms with Crippen LogP contribution in [0.3, 0.4) is 0 Å². The molecule has 3 heterocycles. The van der Waals surface area contributed by atoms with Crippen molar-refractivity contribution in [1.29, 1.82) is 0 Å². The normalized spacial score (nSPS) is 23.4. The lowest BCUT2D eigenvalue weighted by Crippen LogP contribution is -2.50. The van der Waals surface area contributed by atoms with Crippen LogP contribution in [0.2, 0.25) is 5.02 Å². The number of aryl methyl sites for hydroxylation is 1. The zero-order chi connectivity index (χ0) is 27.0. The third kappa shape index (κ3) is 4.98. The standard InChI is InChI=1S/C27H34ClN5O5/c1-16-21(29-30-31(16)2)15-38-23-10-9-20(28)19-11-13-33(22(25(19)23)14-32-12-5-8-24(32)34)26(35)17-6-3-4-7-18(17)27(36)37/h9-10,17-18,22H,3-8,11-15H2,1-2H3,(H,36,37)/t17-,18+,22-/m1/s1. The number of carbonyl (C=O) groups excluding carboxylic acids is 2. The lowest BCUT2D eigenvalue weighted by atomic mass is 9.77. The summed E-state index contributed by atoms with van der Waals surface area (Å²) in [5, 5.41) is 18.7. The van der Waals surface area contributed by atoms with Crippen molar-refractivity contribution in [2.75, 3.05) is 19.6 Å². The molecule has 1 aromatic carbocycles. The van der Waals surface area contributed by atoms with Crippen molar-refractivity contribution in [3.8, 4) is 5.75 Å². The quantitative estimate of drug-likeness (QED) is 0.569. The molecule has 1 aromatic heterocycles. The van der Waals surface area contributed by atoms with Crippen LogP contribution >= 0.6 is 11.6 Å². The van der Waals surface area contributed by atoms with Crippen LogP contribution in [-0.4, -0.2) is 67.3 Å². The van der Waals surface area contributed by atoms with Gasteiger partial charge in [0.1, 0.15) is 18.1 Å². The molecular weight excluding hydrogens is 510 g/mol. The van der Waals surface area contributed by atoms with Gasteiger partial charge in [0.05, 0.1) is 23.6 Å². The van der Waals surface area contributed by atoms with E-state index in [1.165, 1.54) is 0 Å². The Morgan fingerprint density at radius 1 is 1.13 bits per heavy atom. The van der Waals surface area contributed by atoms with Crippen LogP contribution < -0.4 is 4.74 Å². The summed E-state index contributed by atoms with van der Waals surface area (Å²) in [4.78, 5) is 42.3. The number of halogens is 1. The second-order valence-corrected chi connectivity index (χ2v) is 11.0. The molecule has 0 bridgehead atoms. The van der Waals surface area contributed by atoms with E-state index in [0.717, 1.165) is 36.1 Å². The molecule has 5 rings (SSSR count). The van der Waals surface area contributed by atoms with Gasteiger partial charge in [0.15, 0.2) is 0 Å². The number of carboxylic acid groups (broad SMARTS) is 1. The topological polar surface area (TPSA) is 118 Å². The average molecular weight is 544 g/mol. The Kier molecular flexibility index (Phi) is 7.61. The Balaban J connectivity index is 1.52. The van der Waals surface area contributed by atoms with Crippen molar-refractivity contribution < 1.29 is 24.2 Å². The molecule has 10 nitrogen and oxygen atoms in total. The lowest BCUT2D eigenvalue weighted by molar-refractivity contribution is -0.154. The Bertz CT molecular complexity index is 1250. The van der Waals surface area contributed by atoms with E-state index in [2.05, 4.69) is 10.3 Å². The number of carboxylic acids is 1. The van der Waals surface area contributed by atoms with Gasteiger partial charge in [0, 0.05) is 43.7 Å². The van der Waals surface area contributed by atoms with Crippen LogP contribution in [-0.2, 0) is 34.5 Å². The first-order valence-corrected chi connectivity index (χ1v) is 13.7. The fourth-order valence-electron chi connectivity index (χ4n) is 6.13. The van der Waals surface area contributed by atoms with Crippen molar-refractivity contribution in [2.24, 2.45) is 18.9 Å². The first-order valence-electron chi connectivity index (χ1n) is 13.4. The highest BCUT2D eigenvalue weighted by atomic mass is 35.5. The number of hydrogen-bond donors (Lipinski definition) is 1. The van der Waals surface area contributed by atoms with Crippen molar-refractivity contribution >= 4 is 29.4 Å². The molecule has 1 aliphatic carbocycles. The van der Waals surface area contributed by atoms with Crippen LogP contribution in [0.1, 0.15) is 67.1 Å². The van der Waals surface area contributed by atoms with E-state index in [1.807, 2.05) is 14.0 Å². The van der Waals surface area contributed by atoms with E-state index in [0.29, 0.717) is 61.8 Å². The molecule has 0 radical (unpaired) electrons. The highest BCUT2D eigenvalue weighted by Crippen LogP contribution is 2.43. The van der Waals surface area contributed by atoms with Crippen LogP contribution in [0, 0.1) is 18.8 Å². The lowest BCUT2D eigenvalue weighted by Gasteiger charge is -2.43. The van der Waals surface area contributed by atoms with Crippen molar-refractivity contribution in [1.82, 2.24) is 24.8 Å². The fraction of sp³-hybridized carbons (Fsp3) is 0.593. The largest absolute Gasteiger partial charge is 0.487 e. The van der Waals surface area contributed by atoms with Gasteiger partial charge < -0.3 is 19.6 Å². The van der Waals surface area contributed by atoms with Crippen LogP contribution in [0.4, 0.5) is 0 Å². The molecule has 3 atom stereocenters. The number of hydrogen-bond acceptors (Lipinski definition) is 6. The predicted molar refractivity (Wildman–Crippen MR) is 139 cm³/mol. The van der Waals surface area contributed by atoms with Crippen molar-refractivity contribution in [3.05, 3.63) is 39.7 Å². The SMILES string of the molecule is Cc1c(COc2ccc(Cl)c3c2[C@@H](CN2CCCC2=O)N(C(=O)[C@@H]2CCCC[C@@H]2C(=O)O)CC3)nnn1C. The number of aliphatic carboxylic acids is 1. The summed E-state index contributed by atoms with van der Waals surface area (Å²) in [6, 6.07) is 3.12. The number of nitrogens with zero attached hydrogens (tertiary/aromatic N) is 5. The van der Waals surface area contributed by atoms with Gasteiger partial charge in [0.2, 0.25) is 11.8 Å². The summed E-state index contributed by atoms with van der Waals surface area (Å²) in [7, 11) is 1.82. The maximum atomic E-state index is 14.0. The number of benzene rings is 1. The van der Waals surface area contributed by atoms with Crippen molar-refractivity contribution in [2.45, 2.75) is 64.5 Å². The van der Waals surface area contributed by atoms with Gasteiger partial charge in [-0.15, -0.1) is 5.10 Å². The minimum Gasteiger partial charge on any atom is -0.487 e. The minimum absolute atomic E-state index is 0.0604. The Labute approximate surface area is 226 Å². The highest BCUT2D eigenvalue weighted by molar-refractivity contribution is 6.31. The Hall–Kier alpha value is -3.14. The fourth-order valence-corrected chi connectivity index (χ4v) is 6.39. The van der Waals surface area contributed by atoms with Gasteiger partial charge in [-0.3, -0.25) is 19.1 Å². The van der Waals surface area contributed by atoms with Gasteiger partial charge in [-0.05, 0) is 50.3 Å². The van der Waals surface area contributed by atoms with E-state index in [1.54, 1.807) is 26.6 Å². The third-order valence-corrected chi connectivity index (χ3v) is 8.74. The van der Waals surface area contributed by atoms with E-state index >= 15 is 0 Å². The zero-order valence-corrected chi connectivity index (χ0v) is 22.6. The number of likely N-dealkylation sites (tertiary alicyclic amines) is 1. The maximum absolute atomic E-state index is 14.0. The zero-order valence-electron chi connectivity index (χ0n) is 21.9. The molecular formula is C27H34ClN5O5. The van der Waals surface area contributed by atoms with Crippen LogP contribution in [0.5, 0.6) is 5.75 Å². The highest BCUT2D eigenvalue weighted by Gasteiger charge is 2.43. The molecule has 11 heteroatoms. The molecule has 1 N–H and O–H groups in total. The van der Waals surface area contributed by atoms with E-state index in [4.69, 9.17) is 16.3 Å². The number of amides is 2.